The maximum Gasteiger partial charge on any atom is 0.359 e. The molecule has 1 amide bonds. The van der Waals surface area contributed by atoms with Gasteiger partial charge in [0.25, 0.3) is 5.69 Å². The van der Waals surface area contributed by atoms with E-state index in [-0.39, 0.29) is 28.6 Å². The molecule has 0 spiro atoms. The van der Waals surface area contributed by atoms with E-state index >= 15 is 0 Å². The van der Waals surface area contributed by atoms with Gasteiger partial charge in [0.2, 0.25) is 5.91 Å². The number of rotatable bonds is 8. The van der Waals surface area contributed by atoms with Gasteiger partial charge < -0.3 is 14.0 Å². The number of β-lactam (4-membered cyclic amide) rings is 1. The normalized spacial score (nSPS) is 22.3. The Labute approximate surface area is 200 Å². The highest BCUT2D eigenvalue weighted by Crippen LogP contribution is 2.48. The molecule has 12 heteroatoms. The van der Waals surface area contributed by atoms with Crippen LogP contribution in [-0.4, -0.2) is 47.4 Å². The summed E-state index contributed by atoms with van der Waals surface area (Å²) in [5, 5.41) is 20.9. The molecule has 1 N–H and O–H groups in total. The number of hydrogen-bond acceptors (Lipinski definition) is 9. The van der Waals surface area contributed by atoms with Crippen LogP contribution in [0.4, 0.5) is 5.69 Å². The van der Waals surface area contributed by atoms with Crippen LogP contribution in [-0.2, 0) is 35.2 Å². The molecule has 35 heavy (non-hydrogen) atoms. The molecule has 1 fully saturated rings. The highest BCUT2D eigenvalue weighted by Gasteiger charge is 2.61. The van der Waals surface area contributed by atoms with Crippen LogP contribution in [0.1, 0.15) is 19.4 Å². The molecule has 11 nitrogen and oxygen atoms in total. The van der Waals surface area contributed by atoms with Crippen molar-refractivity contribution in [3.05, 3.63) is 81.7 Å². The number of amides is 1. The number of carbonyl (C=O) groups is 2. The van der Waals surface area contributed by atoms with Gasteiger partial charge in [0.1, 0.15) is 11.5 Å². The fourth-order valence-electron chi connectivity index (χ4n) is 4.31. The van der Waals surface area contributed by atoms with Crippen molar-refractivity contribution in [1.82, 2.24) is 4.90 Å². The third-order valence-corrected chi connectivity index (χ3v) is 7.30. The second-order valence-electron chi connectivity index (χ2n) is 8.32. The van der Waals surface area contributed by atoms with Crippen molar-refractivity contribution in [2.24, 2.45) is 11.8 Å². The lowest BCUT2D eigenvalue weighted by atomic mass is 9.79. The van der Waals surface area contributed by atoms with E-state index in [2.05, 4.69) is 0 Å². The largest absolute Gasteiger partial charge is 0.456 e. The molecule has 0 aromatic heterocycles. The van der Waals surface area contributed by atoms with E-state index in [1.807, 2.05) is 0 Å². The summed E-state index contributed by atoms with van der Waals surface area (Å²) in [6.07, 6.45) is -1.02. The minimum absolute atomic E-state index is 0.132. The first kappa shape index (κ1) is 24.4. The third-order valence-electron chi connectivity index (χ3n) is 6.05. The Morgan fingerprint density at radius 3 is 2.37 bits per heavy atom. The molecule has 0 radical (unpaired) electrons. The van der Waals surface area contributed by atoms with E-state index in [4.69, 9.17) is 8.92 Å². The molecule has 0 aliphatic carbocycles. The van der Waals surface area contributed by atoms with Crippen molar-refractivity contribution in [2.75, 3.05) is 0 Å². The summed E-state index contributed by atoms with van der Waals surface area (Å²) in [4.78, 5) is 37.0. The van der Waals surface area contributed by atoms with Gasteiger partial charge >= 0.3 is 16.1 Å². The van der Waals surface area contributed by atoms with Crippen LogP contribution in [0, 0.1) is 22.0 Å². The second-order valence-corrected chi connectivity index (χ2v) is 9.86. The zero-order valence-corrected chi connectivity index (χ0v) is 19.5. The van der Waals surface area contributed by atoms with Crippen molar-refractivity contribution in [2.45, 2.75) is 37.5 Å². The van der Waals surface area contributed by atoms with Crippen LogP contribution in [0.15, 0.2) is 70.9 Å². The predicted molar refractivity (Wildman–Crippen MR) is 120 cm³/mol. The first-order valence-corrected chi connectivity index (χ1v) is 12.1. The van der Waals surface area contributed by atoms with Gasteiger partial charge in [0, 0.05) is 18.1 Å². The molecule has 184 valence electrons. The Morgan fingerprint density at radius 2 is 1.80 bits per heavy atom. The molecular formula is C23H22N2O9S. The van der Waals surface area contributed by atoms with Crippen LogP contribution in [0.5, 0.6) is 0 Å². The second kappa shape index (κ2) is 9.12. The molecule has 2 aromatic carbocycles. The fourth-order valence-corrected chi connectivity index (χ4v) is 5.36. The van der Waals surface area contributed by atoms with E-state index in [0.717, 1.165) is 4.90 Å². The SMILES string of the molecule is C[C@@H](O)[C@H]1C(=O)N2C(C(=O)OCc3ccc([N+](=O)[O-])cc3)=C(OS(=O)(=O)c3ccccc3)[C@H](C)[C@H]12. The minimum atomic E-state index is -4.33. The van der Waals surface area contributed by atoms with E-state index in [9.17, 15) is 33.2 Å². The standard InChI is InChI=1S/C23H22N2O9S/c1-13-19-18(14(2)26)22(27)24(19)20(21(13)34-35(31,32)17-6-4-3-5-7-17)23(28)33-12-15-8-10-16(11-9-15)25(29)30/h3-11,13-14,18-19,26H,12H2,1-2H3/t13-,14-,18-,19-/m1/s1. The van der Waals surface area contributed by atoms with Crippen LogP contribution >= 0.6 is 0 Å². The van der Waals surface area contributed by atoms with Crippen molar-refractivity contribution in [1.29, 1.82) is 0 Å². The predicted octanol–water partition coefficient (Wildman–Crippen LogP) is 2.11. The highest BCUT2D eigenvalue weighted by atomic mass is 32.2. The van der Waals surface area contributed by atoms with Gasteiger partial charge in [0.15, 0.2) is 11.5 Å². The van der Waals surface area contributed by atoms with Crippen LogP contribution in [0.2, 0.25) is 0 Å². The average Bonchev–Trinajstić information content (AvgIpc) is 3.05. The summed E-state index contributed by atoms with van der Waals surface area (Å²) in [5.74, 6) is -3.33. The number of fused-ring (bicyclic) bond motifs is 1. The molecule has 4 rings (SSSR count). The highest BCUT2D eigenvalue weighted by molar-refractivity contribution is 7.86. The summed E-state index contributed by atoms with van der Waals surface area (Å²) in [6, 6.07) is 12.0. The summed E-state index contributed by atoms with van der Waals surface area (Å²) in [7, 11) is -4.33. The molecular weight excluding hydrogens is 480 g/mol. The Morgan fingerprint density at radius 1 is 1.17 bits per heavy atom. The summed E-state index contributed by atoms with van der Waals surface area (Å²) in [6.45, 7) is 2.77. The lowest BCUT2D eigenvalue weighted by molar-refractivity contribution is -0.384. The summed E-state index contributed by atoms with van der Waals surface area (Å²) >= 11 is 0. The summed E-state index contributed by atoms with van der Waals surface area (Å²) < 4.78 is 36.5. The number of benzene rings is 2. The van der Waals surface area contributed by atoms with E-state index in [0.29, 0.717) is 5.56 Å². The number of ether oxygens (including phenoxy) is 1. The maximum absolute atomic E-state index is 13.1. The monoisotopic (exact) mass is 502 g/mol. The lowest BCUT2D eigenvalue weighted by Crippen LogP contribution is -2.63. The van der Waals surface area contributed by atoms with E-state index in [1.165, 1.54) is 55.5 Å². The van der Waals surface area contributed by atoms with Crippen LogP contribution < -0.4 is 0 Å². The van der Waals surface area contributed by atoms with Gasteiger partial charge in [-0.05, 0) is 36.8 Å². The number of nitrogens with zero attached hydrogens (tertiary/aromatic N) is 2. The number of carbonyl (C=O) groups excluding carboxylic acids is 2. The number of hydrogen-bond donors (Lipinski definition) is 1. The van der Waals surface area contributed by atoms with E-state index < -0.39 is 50.9 Å². The van der Waals surface area contributed by atoms with Crippen molar-refractivity contribution < 1.29 is 37.0 Å². The zero-order valence-electron chi connectivity index (χ0n) is 18.7. The number of nitro groups is 1. The fraction of sp³-hybridized carbons (Fsp3) is 0.304. The Bertz CT molecular complexity index is 1300. The Kier molecular flexibility index (Phi) is 6.34. The first-order valence-electron chi connectivity index (χ1n) is 10.7. The van der Waals surface area contributed by atoms with Crippen molar-refractivity contribution >= 4 is 27.7 Å². The quantitative estimate of drug-likeness (QED) is 0.188. The smallest absolute Gasteiger partial charge is 0.359 e. The molecule has 2 heterocycles. The molecule has 2 aliphatic rings. The molecule has 2 aromatic rings. The van der Waals surface area contributed by atoms with Gasteiger partial charge in [0.05, 0.1) is 23.0 Å². The molecule has 0 saturated carbocycles. The number of nitro benzene ring substituents is 1. The zero-order chi connectivity index (χ0) is 25.5. The van der Waals surface area contributed by atoms with Gasteiger partial charge in [-0.2, -0.15) is 8.42 Å². The number of aliphatic hydroxyl groups is 1. The maximum atomic E-state index is 13.1. The van der Waals surface area contributed by atoms with Crippen molar-refractivity contribution in [3.63, 3.8) is 0 Å². The van der Waals surface area contributed by atoms with Gasteiger partial charge in [-0.15, -0.1) is 0 Å². The topological polar surface area (TPSA) is 153 Å². The van der Waals surface area contributed by atoms with Crippen molar-refractivity contribution in [3.8, 4) is 0 Å². The Balaban J connectivity index is 1.63. The van der Waals surface area contributed by atoms with Gasteiger partial charge in [-0.25, -0.2) is 4.79 Å². The number of esters is 1. The third kappa shape index (κ3) is 4.37. The summed E-state index contributed by atoms with van der Waals surface area (Å²) in [5.41, 5.74) is -0.0264. The molecule has 4 atom stereocenters. The Hall–Kier alpha value is -3.77. The molecule has 0 unspecified atom stereocenters. The minimum Gasteiger partial charge on any atom is -0.456 e. The number of aliphatic hydroxyl groups excluding tert-OH is 1. The molecule has 0 bridgehead atoms. The van der Waals surface area contributed by atoms with Gasteiger partial charge in [-0.1, -0.05) is 25.1 Å². The molecule has 1 saturated heterocycles. The lowest BCUT2D eigenvalue weighted by Gasteiger charge is -2.46. The van der Waals surface area contributed by atoms with Crippen LogP contribution in [0.25, 0.3) is 0 Å². The molecule has 2 aliphatic heterocycles. The number of non-ortho nitro benzene ring substituents is 1. The van der Waals surface area contributed by atoms with E-state index in [1.54, 1.807) is 13.0 Å². The average molecular weight is 503 g/mol. The van der Waals surface area contributed by atoms with Crippen LogP contribution in [0.3, 0.4) is 0 Å². The first-order chi connectivity index (χ1) is 16.5. The van der Waals surface area contributed by atoms with Gasteiger partial charge in [-0.3, -0.25) is 19.8 Å².